The average Bonchev–Trinajstić information content (AvgIpc) is 2.65. The molecule has 1 aromatic carbocycles. The Hall–Kier alpha value is -1.21. The molecule has 1 heterocycles. The zero-order chi connectivity index (χ0) is 11.7. The van der Waals surface area contributed by atoms with E-state index >= 15 is 0 Å². The lowest BCUT2D eigenvalue weighted by atomic mass is 10.3. The van der Waals surface area contributed by atoms with Crippen molar-refractivity contribution < 1.29 is 8.78 Å². The first kappa shape index (κ1) is 11.3. The lowest BCUT2D eigenvalue weighted by molar-refractivity contribution is 0.492. The number of aryl methyl sites for hydroxylation is 1. The maximum atomic E-state index is 13.4. The van der Waals surface area contributed by atoms with Gasteiger partial charge in [-0.3, -0.25) is 0 Å². The Morgan fingerprint density at radius 2 is 2.06 bits per heavy atom. The molecule has 1 aromatic heterocycles. The minimum Gasteiger partial charge on any atom is -0.398 e. The van der Waals surface area contributed by atoms with Crippen molar-refractivity contribution in [1.82, 2.24) is 10.2 Å². The minimum atomic E-state index is -0.946. The first-order chi connectivity index (χ1) is 7.58. The van der Waals surface area contributed by atoms with Crippen molar-refractivity contribution in [2.75, 3.05) is 5.73 Å². The van der Waals surface area contributed by atoms with Crippen molar-refractivity contribution in [3.8, 4) is 0 Å². The van der Waals surface area contributed by atoms with E-state index in [0.717, 1.165) is 22.8 Å². The molecule has 3 nitrogen and oxygen atoms in total. The van der Waals surface area contributed by atoms with Crippen molar-refractivity contribution in [2.24, 2.45) is 0 Å². The molecule has 0 unspecified atom stereocenters. The molecular formula is C9H7F2N3S2. The number of rotatable bonds is 2. The van der Waals surface area contributed by atoms with E-state index < -0.39 is 11.6 Å². The van der Waals surface area contributed by atoms with Crippen LogP contribution in [0.2, 0.25) is 0 Å². The van der Waals surface area contributed by atoms with E-state index in [9.17, 15) is 8.78 Å². The third-order valence-electron chi connectivity index (χ3n) is 1.78. The van der Waals surface area contributed by atoms with Crippen molar-refractivity contribution in [3.05, 3.63) is 28.8 Å². The van der Waals surface area contributed by atoms with Crippen LogP contribution in [-0.2, 0) is 0 Å². The van der Waals surface area contributed by atoms with Gasteiger partial charge in [-0.2, -0.15) is 0 Å². The summed E-state index contributed by atoms with van der Waals surface area (Å²) in [6.07, 6.45) is 0. The smallest absolute Gasteiger partial charge is 0.179 e. The second-order valence-electron chi connectivity index (χ2n) is 2.97. The first-order valence-electron chi connectivity index (χ1n) is 4.29. The minimum absolute atomic E-state index is 0.0520. The van der Waals surface area contributed by atoms with Gasteiger partial charge in [-0.25, -0.2) is 8.78 Å². The highest BCUT2D eigenvalue weighted by Gasteiger charge is 2.15. The van der Waals surface area contributed by atoms with Gasteiger partial charge in [0.05, 0.1) is 4.90 Å². The molecule has 0 aliphatic heterocycles. The van der Waals surface area contributed by atoms with E-state index in [1.807, 2.05) is 0 Å². The highest BCUT2D eigenvalue weighted by Crippen LogP contribution is 2.36. The molecule has 0 spiro atoms. The molecule has 0 aliphatic rings. The number of benzene rings is 1. The third kappa shape index (κ3) is 2.14. The molecule has 2 aromatic rings. The van der Waals surface area contributed by atoms with Gasteiger partial charge in [-0.1, -0.05) is 23.1 Å². The fraction of sp³-hybridized carbons (Fsp3) is 0.111. The molecule has 84 valence electrons. The Balaban J connectivity index is 2.37. The highest BCUT2D eigenvalue weighted by molar-refractivity contribution is 8.01. The Kier molecular flexibility index (Phi) is 3.06. The van der Waals surface area contributed by atoms with Crippen molar-refractivity contribution in [3.63, 3.8) is 0 Å². The van der Waals surface area contributed by atoms with Crippen LogP contribution in [0.15, 0.2) is 21.4 Å². The van der Waals surface area contributed by atoms with Gasteiger partial charge < -0.3 is 5.73 Å². The molecule has 0 saturated carbocycles. The van der Waals surface area contributed by atoms with Crippen LogP contribution >= 0.6 is 23.1 Å². The van der Waals surface area contributed by atoms with Crippen molar-refractivity contribution in [1.29, 1.82) is 0 Å². The number of nitrogens with two attached hydrogens (primary N) is 1. The molecule has 0 amide bonds. The lowest BCUT2D eigenvalue weighted by Gasteiger charge is -2.04. The van der Waals surface area contributed by atoms with E-state index in [1.54, 1.807) is 6.92 Å². The van der Waals surface area contributed by atoms with E-state index in [2.05, 4.69) is 10.2 Å². The van der Waals surface area contributed by atoms with Gasteiger partial charge in [-0.05, 0) is 19.1 Å². The quantitative estimate of drug-likeness (QED) is 0.843. The highest BCUT2D eigenvalue weighted by atomic mass is 32.2. The van der Waals surface area contributed by atoms with Crippen LogP contribution in [0.4, 0.5) is 14.5 Å². The molecule has 0 atom stereocenters. The molecule has 0 radical (unpaired) electrons. The predicted octanol–water partition coefficient (Wildman–Crippen LogP) is 2.86. The summed E-state index contributed by atoms with van der Waals surface area (Å²) in [5.41, 5.74) is 5.77. The Morgan fingerprint density at radius 1 is 1.31 bits per heavy atom. The fourth-order valence-electron chi connectivity index (χ4n) is 1.06. The molecule has 0 bridgehead atoms. The van der Waals surface area contributed by atoms with Crippen LogP contribution in [0.25, 0.3) is 0 Å². The van der Waals surface area contributed by atoms with Crippen molar-refractivity contribution in [2.45, 2.75) is 16.2 Å². The van der Waals surface area contributed by atoms with Crippen molar-refractivity contribution >= 4 is 28.8 Å². The topological polar surface area (TPSA) is 51.8 Å². The second-order valence-corrected chi connectivity index (χ2v) is 5.41. The van der Waals surface area contributed by atoms with Crippen LogP contribution < -0.4 is 5.73 Å². The number of nitrogens with zero attached hydrogens (tertiary/aromatic N) is 2. The van der Waals surface area contributed by atoms with Crippen LogP contribution in [0.1, 0.15) is 5.01 Å². The summed E-state index contributed by atoms with van der Waals surface area (Å²) in [7, 11) is 0. The largest absolute Gasteiger partial charge is 0.398 e. The van der Waals surface area contributed by atoms with Gasteiger partial charge in [0.15, 0.2) is 16.0 Å². The summed E-state index contributed by atoms with van der Waals surface area (Å²) >= 11 is 2.28. The molecule has 0 fully saturated rings. The normalized spacial score (nSPS) is 10.7. The molecule has 7 heteroatoms. The number of anilines is 1. The molecular weight excluding hydrogens is 252 g/mol. The Morgan fingerprint density at radius 3 is 2.69 bits per heavy atom. The first-order valence-corrected chi connectivity index (χ1v) is 5.92. The second kappa shape index (κ2) is 4.34. The molecule has 16 heavy (non-hydrogen) atoms. The summed E-state index contributed by atoms with van der Waals surface area (Å²) in [5.74, 6) is -1.87. The van der Waals surface area contributed by atoms with E-state index in [1.165, 1.54) is 17.4 Å². The van der Waals surface area contributed by atoms with Crippen LogP contribution in [0, 0.1) is 18.6 Å². The third-order valence-corrected chi connectivity index (χ3v) is 3.79. The summed E-state index contributed by atoms with van der Waals surface area (Å²) < 4.78 is 27.0. The maximum absolute atomic E-state index is 13.4. The SMILES string of the molecule is Cc1nnc(Sc2c(N)ccc(F)c2F)s1. The summed E-state index contributed by atoms with van der Waals surface area (Å²) in [6.45, 7) is 1.78. The summed E-state index contributed by atoms with van der Waals surface area (Å²) in [6, 6.07) is 2.33. The summed E-state index contributed by atoms with van der Waals surface area (Å²) in [4.78, 5) is 0.0520. The summed E-state index contributed by atoms with van der Waals surface area (Å²) in [5, 5.41) is 8.36. The average molecular weight is 259 g/mol. The molecule has 0 saturated heterocycles. The molecule has 2 N–H and O–H groups in total. The Labute approximate surface area is 98.7 Å². The van der Waals surface area contributed by atoms with E-state index in [0.29, 0.717) is 4.34 Å². The zero-order valence-electron chi connectivity index (χ0n) is 8.20. The Bertz CT molecular complexity index is 527. The van der Waals surface area contributed by atoms with Gasteiger partial charge in [0.1, 0.15) is 5.01 Å². The number of hydrogen-bond acceptors (Lipinski definition) is 5. The van der Waals surface area contributed by atoms with Gasteiger partial charge in [0, 0.05) is 5.69 Å². The van der Waals surface area contributed by atoms with Crippen LogP contribution in [0.3, 0.4) is 0 Å². The fourth-order valence-corrected chi connectivity index (χ4v) is 2.88. The van der Waals surface area contributed by atoms with Gasteiger partial charge >= 0.3 is 0 Å². The van der Waals surface area contributed by atoms with Crippen LogP contribution in [0.5, 0.6) is 0 Å². The number of hydrogen-bond donors (Lipinski definition) is 1. The number of aromatic nitrogens is 2. The van der Waals surface area contributed by atoms with Crippen LogP contribution in [-0.4, -0.2) is 10.2 Å². The van der Waals surface area contributed by atoms with Gasteiger partial charge in [-0.15, -0.1) is 10.2 Å². The zero-order valence-corrected chi connectivity index (χ0v) is 9.83. The standard InChI is InChI=1S/C9H7F2N3S2/c1-4-13-14-9(15-4)16-8-6(12)3-2-5(10)7(8)11/h2-3H,12H2,1H3. The van der Waals surface area contributed by atoms with E-state index in [4.69, 9.17) is 5.73 Å². The number of nitrogen functional groups attached to an aromatic ring is 1. The van der Waals surface area contributed by atoms with E-state index in [-0.39, 0.29) is 10.6 Å². The molecule has 0 aliphatic carbocycles. The monoisotopic (exact) mass is 259 g/mol. The number of halogens is 2. The maximum Gasteiger partial charge on any atom is 0.179 e. The predicted molar refractivity (Wildman–Crippen MR) is 59.5 cm³/mol. The molecule has 2 rings (SSSR count). The van der Waals surface area contributed by atoms with Gasteiger partial charge in [0.2, 0.25) is 0 Å². The lowest BCUT2D eigenvalue weighted by Crippen LogP contribution is -1.95. The van der Waals surface area contributed by atoms with Gasteiger partial charge in [0.25, 0.3) is 0 Å².